The molecule has 1 unspecified atom stereocenters. The highest BCUT2D eigenvalue weighted by Gasteiger charge is 2.37. The molecular weight excluding hydrogens is 390 g/mol. The first-order valence-electron chi connectivity index (χ1n) is 9.04. The number of pyridine rings is 1. The molecule has 1 N–H and O–H groups in total. The van der Waals surface area contributed by atoms with Crippen LogP contribution in [-0.2, 0) is 17.5 Å². The largest absolute Gasteiger partial charge is 0.416 e. The molecule has 1 aliphatic rings. The number of likely N-dealkylation sites (tertiary alicyclic amines) is 1. The van der Waals surface area contributed by atoms with Crippen molar-refractivity contribution in [2.24, 2.45) is 0 Å². The number of hydrogen-bond donors (Lipinski definition) is 1. The maximum absolute atomic E-state index is 13.5. The van der Waals surface area contributed by atoms with Crippen LogP contribution in [0.2, 0.25) is 0 Å². The van der Waals surface area contributed by atoms with Gasteiger partial charge in [-0.1, -0.05) is 0 Å². The minimum atomic E-state index is -4.63. The smallest absolute Gasteiger partial charge is 0.352 e. The molecule has 1 atom stereocenters. The number of rotatable bonds is 4. The van der Waals surface area contributed by atoms with Crippen molar-refractivity contribution in [1.82, 2.24) is 15.2 Å². The van der Waals surface area contributed by atoms with E-state index in [-0.39, 0.29) is 29.3 Å². The summed E-state index contributed by atoms with van der Waals surface area (Å²) in [7, 11) is 0. The molecule has 9 heteroatoms. The van der Waals surface area contributed by atoms with E-state index in [4.69, 9.17) is 0 Å². The predicted molar refractivity (Wildman–Crippen MR) is 96.2 cm³/mol. The summed E-state index contributed by atoms with van der Waals surface area (Å²) in [5.74, 6) is -1.31. The van der Waals surface area contributed by atoms with Gasteiger partial charge >= 0.3 is 6.18 Å². The van der Waals surface area contributed by atoms with Gasteiger partial charge in [0, 0.05) is 37.3 Å². The van der Waals surface area contributed by atoms with Crippen LogP contribution >= 0.6 is 0 Å². The van der Waals surface area contributed by atoms with Crippen molar-refractivity contribution >= 4 is 11.8 Å². The lowest BCUT2D eigenvalue weighted by molar-refractivity contribution is -0.138. The highest BCUT2D eigenvalue weighted by Crippen LogP contribution is 2.37. The number of alkyl halides is 3. The number of aromatic nitrogens is 1. The Morgan fingerprint density at radius 1 is 1.24 bits per heavy atom. The van der Waals surface area contributed by atoms with E-state index in [1.165, 1.54) is 24.0 Å². The van der Waals surface area contributed by atoms with E-state index in [2.05, 4.69) is 10.3 Å². The van der Waals surface area contributed by atoms with E-state index >= 15 is 0 Å². The topological polar surface area (TPSA) is 62.3 Å². The summed E-state index contributed by atoms with van der Waals surface area (Å²) in [6.07, 6.45) is -2.45. The van der Waals surface area contributed by atoms with E-state index in [0.717, 1.165) is 24.4 Å². The zero-order valence-corrected chi connectivity index (χ0v) is 15.6. The lowest BCUT2D eigenvalue weighted by Crippen LogP contribution is -2.31. The third-order valence-electron chi connectivity index (χ3n) is 4.79. The van der Waals surface area contributed by atoms with E-state index in [0.29, 0.717) is 19.4 Å². The summed E-state index contributed by atoms with van der Waals surface area (Å²) in [6, 6.07) is 5.35. The lowest BCUT2D eigenvalue weighted by atomic mass is 10.0. The molecule has 29 heavy (non-hydrogen) atoms. The lowest BCUT2D eigenvalue weighted by Gasteiger charge is -2.25. The van der Waals surface area contributed by atoms with E-state index in [9.17, 15) is 27.2 Å². The zero-order chi connectivity index (χ0) is 21.2. The molecule has 0 bridgehead atoms. The van der Waals surface area contributed by atoms with Crippen molar-refractivity contribution in [2.45, 2.75) is 38.5 Å². The monoisotopic (exact) mass is 409 g/mol. The fourth-order valence-corrected chi connectivity index (χ4v) is 3.38. The quantitative estimate of drug-likeness (QED) is 0.781. The second-order valence-corrected chi connectivity index (χ2v) is 6.84. The molecule has 1 fully saturated rings. The first-order chi connectivity index (χ1) is 13.7. The van der Waals surface area contributed by atoms with Crippen molar-refractivity contribution in [3.8, 4) is 0 Å². The minimum Gasteiger partial charge on any atom is -0.352 e. The van der Waals surface area contributed by atoms with Crippen LogP contribution in [0.1, 0.15) is 53.0 Å². The van der Waals surface area contributed by atoms with Gasteiger partial charge in [0.1, 0.15) is 5.82 Å². The molecule has 3 rings (SSSR count). The van der Waals surface area contributed by atoms with Crippen LogP contribution < -0.4 is 5.32 Å². The molecule has 0 aliphatic carbocycles. The van der Waals surface area contributed by atoms with Crippen molar-refractivity contribution in [2.75, 3.05) is 6.54 Å². The normalized spacial score (nSPS) is 16.7. The van der Waals surface area contributed by atoms with Crippen molar-refractivity contribution in [3.63, 3.8) is 0 Å². The average Bonchev–Trinajstić information content (AvgIpc) is 3.15. The van der Waals surface area contributed by atoms with Crippen LogP contribution in [0.5, 0.6) is 0 Å². The first-order valence-corrected chi connectivity index (χ1v) is 9.04. The van der Waals surface area contributed by atoms with Gasteiger partial charge in [-0.3, -0.25) is 14.6 Å². The molecule has 154 valence electrons. The number of nitrogens with zero attached hydrogens (tertiary/aromatic N) is 2. The van der Waals surface area contributed by atoms with Crippen LogP contribution in [0.3, 0.4) is 0 Å². The number of nitrogens with one attached hydrogen (secondary N) is 1. The third-order valence-corrected chi connectivity index (χ3v) is 4.79. The Kier molecular flexibility index (Phi) is 5.86. The molecule has 5 nitrogen and oxygen atoms in total. The zero-order valence-electron chi connectivity index (χ0n) is 15.6. The van der Waals surface area contributed by atoms with Crippen molar-refractivity contribution in [1.29, 1.82) is 0 Å². The van der Waals surface area contributed by atoms with Crippen molar-refractivity contribution in [3.05, 3.63) is 64.7 Å². The summed E-state index contributed by atoms with van der Waals surface area (Å²) >= 11 is 0. The van der Waals surface area contributed by atoms with Crippen LogP contribution in [-0.4, -0.2) is 28.2 Å². The Morgan fingerprint density at radius 2 is 1.93 bits per heavy atom. The van der Waals surface area contributed by atoms with Gasteiger partial charge in [0.15, 0.2) is 0 Å². The van der Waals surface area contributed by atoms with Gasteiger partial charge in [-0.15, -0.1) is 0 Å². The molecule has 1 aromatic heterocycles. The Labute approximate surface area is 164 Å². The Hall–Kier alpha value is -2.97. The molecule has 0 spiro atoms. The number of hydrogen-bond acceptors (Lipinski definition) is 3. The third kappa shape index (κ3) is 4.72. The summed E-state index contributed by atoms with van der Waals surface area (Å²) < 4.78 is 53.7. The first kappa shape index (κ1) is 20.8. The van der Waals surface area contributed by atoms with E-state index < -0.39 is 29.5 Å². The van der Waals surface area contributed by atoms with Gasteiger partial charge < -0.3 is 10.2 Å². The van der Waals surface area contributed by atoms with Crippen LogP contribution in [0, 0.1) is 5.82 Å². The van der Waals surface area contributed by atoms with Gasteiger partial charge in [0.25, 0.3) is 5.91 Å². The van der Waals surface area contributed by atoms with Gasteiger partial charge in [-0.25, -0.2) is 4.39 Å². The molecule has 2 amide bonds. The average molecular weight is 409 g/mol. The standard InChI is InChI=1S/C20H19F4N3O2/c1-12(28)25-10-14-11-26-17(9-16(14)20(22,23)24)18-3-2-8-27(18)19(29)13-4-6-15(21)7-5-13/h4-7,9,11,18H,2-3,8,10H2,1H3,(H,25,28). The van der Waals surface area contributed by atoms with Crippen LogP contribution in [0.25, 0.3) is 0 Å². The number of benzene rings is 1. The maximum Gasteiger partial charge on any atom is 0.416 e. The van der Waals surface area contributed by atoms with Crippen LogP contribution in [0.15, 0.2) is 36.5 Å². The highest BCUT2D eigenvalue weighted by atomic mass is 19.4. The fraction of sp³-hybridized carbons (Fsp3) is 0.350. The number of amides is 2. The molecule has 1 saturated heterocycles. The molecule has 2 heterocycles. The van der Waals surface area contributed by atoms with Gasteiger partial charge in [-0.05, 0) is 43.2 Å². The fourth-order valence-electron chi connectivity index (χ4n) is 3.38. The molecular formula is C20H19F4N3O2. The molecule has 1 aliphatic heterocycles. The van der Waals surface area contributed by atoms with E-state index in [1.54, 1.807) is 0 Å². The summed E-state index contributed by atoms with van der Waals surface area (Å²) in [5.41, 5.74) is -0.642. The second-order valence-electron chi connectivity index (χ2n) is 6.84. The summed E-state index contributed by atoms with van der Waals surface area (Å²) in [6.45, 7) is 1.30. The number of halogens is 4. The van der Waals surface area contributed by atoms with Gasteiger partial charge in [0.05, 0.1) is 17.3 Å². The Bertz CT molecular complexity index is 913. The molecule has 2 aromatic rings. The number of carbonyl (C=O) groups excluding carboxylic acids is 2. The highest BCUT2D eigenvalue weighted by molar-refractivity contribution is 5.94. The predicted octanol–water partition coefficient (Wildman–Crippen LogP) is 3.85. The van der Waals surface area contributed by atoms with Gasteiger partial charge in [0.2, 0.25) is 5.91 Å². The molecule has 0 radical (unpaired) electrons. The molecule has 0 saturated carbocycles. The van der Waals surface area contributed by atoms with E-state index in [1.807, 2.05) is 0 Å². The SMILES string of the molecule is CC(=O)NCc1cnc(C2CCCN2C(=O)c2ccc(F)cc2)cc1C(F)(F)F. The molecule has 1 aromatic carbocycles. The number of carbonyl (C=O) groups is 2. The van der Waals surface area contributed by atoms with Gasteiger partial charge in [-0.2, -0.15) is 13.2 Å². The Balaban J connectivity index is 1.91. The van der Waals surface area contributed by atoms with Crippen molar-refractivity contribution < 1.29 is 27.2 Å². The maximum atomic E-state index is 13.5. The minimum absolute atomic E-state index is 0.136. The Morgan fingerprint density at radius 3 is 2.55 bits per heavy atom. The summed E-state index contributed by atoms with van der Waals surface area (Å²) in [5, 5.41) is 2.34. The van der Waals surface area contributed by atoms with Crippen LogP contribution in [0.4, 0.5) is 17.6 Å². The summed E-state index contributed by atoms with van der Waals surface area (Å²) in [4.78, 5) is 29.4. The second kappa shape index (κ2) is 8.18.